The number of aliphatic hydroxyl groups is 1. The van der Waals surface area contributed by atoms with Gasteiger partial charge in [-0.25, -0.2) is 9.97 Å². The lowest BCUT2D eigenvalue weighted by Gasteiger charge is -2.70. The zero-order valence-electron chi connectivity index (χ0n) is 20.2. The fourth-order valence-electron chi connectivity index (χ4n) is 7.44. The fraction of sp³-hybridized carbons (Fsp3) is 0.577. The summed E-state index contributed by atoms with van der Waals surface area (Å²) in [6.45, 7) is 4.47. The van der Waals surface area contributed by atoms with Gasteiger partial charge in [0.1, 0.15) is 0 Å². The molecule has 3 aromatic rings. The minimum absolute atomic E-state index is 0.160. The van der Waals surface area contributed by atoms with Crippen molar-refractivity contribution < 1.29 is 9.84 Å². The number of hydrogen-bond donors (Lipinski definition) is 2. The number of rotatable bonds is 6. The van der Waals surface area contributed by atoms with Crippen LogP contribution in [0.25, 0.3) is 10.9 Å². The first-order valence-corrected chi connectivity index (χ1v) is 12.9. The first-order chi connectivity index (χ1) is 16.8. The van der Waals surface area contributed by atoms with Crippen LogP contribution in [0.5, 0.6) is 0 Å². The van der Waals surface area contributed by atoms with Gasteiger partial charge in [0.2, 0.25) is 5.95 Å². The molecule has 8 rings (SSSR count). The SMILES string of the molecule is COCC12CC(n3cc(Nc4ncc5cc(Cl)c(N6CC7CCC(C6)C7(C)O)cc5n4)cn3)(C1)C2. The van der Waals surface area contributed by atoms with E-state index in [2.05, 4.69) is 37.2 Å². The van der Waals surface area contributed by atoms with Crippen molar-refractivity contribution in [2.45, 2.75) is 50.2 Å². The number of fused-ring (bicyclic) bond motifs is 3. The summed E-state index contributed by atoms with van der Waals surface area (Å²) >= 11 is 6.70. The second-order valence-electron chi connectivity index (χ2n) is 11.6. The van der Waals surface area contributed by atoms with E-state index < -0.39 is 5.60 Å². The predicted octanol–water partition coefficient (Wildman–Crippen LogP) is 4.35. The smallest absolute Gasteiger partial charge is 0.227 e. The zero-order chi connectivity index (χ0) is 24.0. The van der Waals surface area contributed by atoms with E-state index in [1.165, 1.54) is 0 Å². The maximum absolute atomic E-state index is 10.9. The van der Waals surface area contributed by atoms with E-state index in [-0.39, 0.29) is 17.4 Å². The van der Waals surface area contributed by atoms with Crippen LogP contribution in [0.4, 0.5) is 17.3 Å². The average Bonchev–Trinajstić information content (AvgIpc) is 3.23. The summed E-state index contributed by atoms with van der Waals surface area (Å²) in [6.07, 6.45) is 11.3. The molecule has 2 atom stereocenters. The third-order valence-corrected chi connectivity index (χ3v) is 9.58. The first kappa shape index (κ1) is 21.8. The molecule has 184 valence electrons. The standard InChI is InChI=1S/C26H31ClN6O2/c1-24(34)17-3-4-18(24)10-32(9-17)22-6-21-16(5-20(22)27)7-28-23(31-21)30-19-8-29-33(11-19)26-12-25(13-26,14-26)15-35-2/h5-8,11,17-18,34H,3-4,9-10,12-15H2,1-2H3,(H,28,30,31). The minimum Gasteiger partial charge on any atom is -0.389 e. The van der Waals surface area contributed by atoms with Crippen molar-refractivity contribution in [2.24, 2.45) is 17.3 Å². The monoisotopic (exact) mass is 494 g/mol. The van der Waals surface area contributed by atoms with Crippen molar-refractivity contribution in [3.05, 3.63) is 35.7 Å². The Bertz CT molecular complexity index is 1290. The number of methoxy groups -OCH3 is 1. The molecule has 3 heterocycles. The van der Waals surface area contributed by atoms with E-state index in [4.69, 9.17) is 21.3 Å². The molecule has 9 heteroatoms. The van der Waals surface area contributed by atoms with Crippen LogP contribution >= 0.6 is 11.6 Å². The Hall–Kier alpha value is -2.42. The number of hydrogen-bond acceptors (Lipinski definition) is 7. The Kier molecular flexibility index (Phi) is 4.56. The summed E-state index contributed by atoms with van der Waals surface area (Å²) < 4.78 is 7.49. The Morgan fingerprint density at radius 1 is 1.17 bits per heavy atom. The van der Waals surface area contributed by atoms with Gasteiger partial charge in [0.25, 0.3) is 0 Å². The van der Waals surface area contributed by atoms with Crippen LogP contribution in [0.3, 0.4) is 0 Å². The molecule has 1 aliphatic heterocycles. The summed E-state index contributed by atoms with van der Waals surface area (Å²) in [5.41, 5.74) is 2.68. The van der Waals surface area contributed by atoms with Gasteiger partial charge >= 0.3 is 0 Å². The molecular formula is C26H31ClN6O2. The number of ether oxygens (including phenoxy) is 1. The van der Waals surface area contributed by atoms with Crippen LogP contribution in [-0.4, -0.2) is 57.3 Å². The molecule has 1 aromatic carbocycles. The summed E-state index contributed by atoms with van der Waals surface area (Å²) in [5, 5.41) is 20.4. The highest BCUT2D eigenvalue weighted by Crippen LogP contribution is 2.71. The lowest BCUT2D eigenvalue weighted by Crippen LogP contribution is -2.69. The van der Waals surface area contributed by atoms with E-state index in [1.54, 1.807) is 7.11 Å². The summed E-state index contributed by atoms with van der Waals surface area (Å²) in [5.74, 6) is 1.09. The van der Waals surface area contributed by atoms with Gasteiger partial charge in [-0.1, -0.05) is 11.6 Å². The van der Waals surface area contributed by atoms with Gasteiger partial charge in [0, 0.05) is 55.2 Å². The number of nitrogens with one attached hydrogen (secondary N) is 1. The second-order valence-corrected chi connectivity index (χ2v) is 12.1. The topological polar surface area (TPSA) is 88.3 Å². The van der Waals surface area contributed by atoms with Crippen molar-refractivity contribution in [3.63, 3.8) is 0 Å². The van der Waals surface area contributed by atoms with Crippen molar-refractivity contribution in [1.82, 2.24) is 19.7 Å². The maximum Gasteiger partial charge on any atom is 0.227 e. The molecule has 0 spiro atoms. The van der Waals surface area contributed by atoms with Crippen molar-refractivity contribution in [3.8, 4) is 0 Å². The molecule has 5 aliphatic rings. The summed E-state index contributed by atoms with van der Waals surface area (Å²) in [6, 6.07) is 4.01. The molecule has 35 heavy (non-hydrogen) atoms. The highest BCUT2D eigenvalue weighted by Gasteiger charge is 2.69. The molecular weight excluding hydrogens is 464 g/mol. The van der Waals surface area contributed by atoms with Gasteiger partial charge in [-0.05, 0) is 51.2 Å². The van der Waals surface area contributed by atoms with E-state index in [9.17, 15) is 5.11 Å². The van der Waals surface area contributed by atoms with Crippen molar-refractivity contribution in [2.75, 3.05) is 37.0 Å². The summed E-state index contributed by atoms with van der Waals surface area (Å²) in [7, 11) is 1.78. The number of halogens is 1. The van der Waals surface area contributed by atoms with Gasteiger partial charge < -0.3 is 20.1 Å². The van der Waals surface area contributed by atoms with E-state index in [0.29, 0.717) is 16.4 Å². The number of nitrogens with zero attached hydrogens (tertiary/aromatic N) is 5. The molecule has 0 amide bonds. The quantitative estimate of drug-likeness (QED) is 0.526. The highest BCUT2D eigenvalue weighted by atomic mass is 35.5. The lowest BCUT2D eigenvalue weighted by molar-refractivity contribution is -0.217. The molecule has 2 unspecified atom stereocenters. The zero-order valence-corrected chi connectivity index (χ0v) is 20.9. The van der Waals surface area contributed by atoms with Crippen LogP contribution < -0.4 is 10.2 Å². The van der Waals surface area contributed by atoms with Crippen molar-refractivity contribution >= 4 is 39.8 Å². The second kappa shape index (κ2) is 7.31. The molecule has 4 aliphatic carbocycles. The molecule has 2 N–H and O–H groups in total. The minimum atomic E-state index is -0.576. The Balaban J connectivity index is 1.11. The Morgan fingerprint density at radius 3 is 2.63 bits per heavy atom. The van der Waals surface area contributed by atoms with Gasteiger partial charge in [-0.15, -0.1) is 0 Å². The third-order valence-electron chi connectivity index (χ3n) is 9.27. The van der Waals surface area contributed by atoms with Crippen LogP contribution in [-0.2, 0) is 10.3 Å². The number of aromatic nitrogens is 4. The number of anilines is 3. The molecule has 1 saturated heterocycles. The molecule has 5 fully saturated rings. The molecule has 8 nitrogen and oxygen atoms in total. The molecule has 2 aromatic heterocycles. The number of piperidine rings is 1. The number of benzene rings is 1. The normalized spacial score (nSPS) is 35.1. The van der Waals surface area contributed by atoms with Crippen LogP contribution in [0.2, 0.25) is 5.02 Å². The molecule has 0 radical (unpaired) electrons. The largest absolute Gasteiger partial charge is 0.389 e. The van der Waals surface area contributed by atoms with E-state index in [1.807, 2.05) is 25.4 Å². The maximum atomic E-state index is 10.9. The third kappa shape index (κ3) is 3.22. The van der Waals surface area contributed by atoms with Gasteiger partial charge in [0.05, 0.1) is 45.9 Å². The lowest BCUT2D eigenvalue weighted by atomic mass is 9.39. The van der Waals surface area contributed by atoms with Gasteiger partial charge in [0.15, 0.2) is 0 Å². The Morgan fingerprint density at radius 2 is 1.91 bits per heavy atom. The molecule has 4 bridgehead atoms. The summed E-state index contributed by atoms with van der Waals surface area (Å²) in [4.78, 5) is 11.6. The highest BCUT2D eigenvalue weighted by molar-refractivity contribution is 6.34. The molecule has 4 saturated carbocycles. The average molecular weight is 495 g/mol. The van der Waals surface area contributed by atoms with Gasteiger partial charge in [-0.2, -0.15) is 5.10 Å². The van der Waals surface area contributed by atoms with E-state index in [0.717, 1.165) is 74.1 Å². The van der Waals surface area contributed by atoms with Crippen LogP contribution in [0.1, 0.15) is 39.0 Å². The fourth-order valence-corrected chi connectivity index (χ4v) is 7.73. The van der Waals surface area contributed by atoms with E-state index >= 15 is 0 Å². The van der Waals surface area contributed by atoms with Crippen molar-refractivity contribution in [1.29, 1.82) is 0 Å². The van der Waals surface area contributed by atoms with Gasteiger partial charge in [-0.3, -0.25) is 4.68 Å². The first-order valence-electron chi connectivity index (χ1n) is 12.5. The van der Waals surface area contributed by atoms with Crippen LogP contribution in [0, 0.1) is 17.3 Å². The Labute approximate surface area is 209 Å². The predicted molar refractivity (Wildman–Crippen MR) is 135 cm³/mol. The van der Waals surface area contributed by atoms with Crippen LogP contribution in [0.15, 0.2) is 30.7 Å².